The summed E-state index contributed by atoms with van der Waals surface area (Å²) in [4.78, 5) is 12.0. The molecule has 0 aliphatic heterocycles. The average Bonchev–Trinajstić information content (AvgIpc) is 2.46. The van der Waals surface area contributed by atoms with Crippen LogP contribution in [-0.2, 0) is 11.2 Å². The van der Waals surface area contributed by atoms with E-state index >= 15 is 0 Å². The van der Waals surface area contributed by atoms with E-state index in [1.165, 1.54) is 5.56 Å². The molecule has 3 nitrogen and oxygen atoms in total. The Morgan fingerprint density at radius 1 is 1.19 bits per heavy atom. The largest absolute Gasteiger partial charge is 0.399 e. The zero-order chi connectivity index (χ0) is 15.2. The number of hydrogen-bond acceptors (Lipinski definition) is 2. The first-order valence-electron chi connectivity index (χ1n) is 7.25. The molecule has 0 bridgehead atoms. The highest BCUT2D eigenvalue weighted by molar-refractivity contribution is 5.77. The minimum atomic E-state index is 0.0190. The number of rotatable bonds is 5. The second kappa shape index (κ2) is 6.93. The molecule has 21 heavy (non-hydrogen) atoms. The summed E-state index contributed by atoms with van der Waals surface area (Å²) in [6, 6.07) is 15.9. The van der Waals surface area contributed by atoms with E-state index in [0.29, 0.717) is 12.8 Å². The zero-order valence-corrected chi connectivity index (χ0v) is 12.6. The van der Waals surface area contributed by atoms with Crippen LogP contribution in [0.15, 0.2) is 48.5 Å². The smallest absolute Gasteiger partial charge is 0.220 e. The molecule has 110 valence electrons. The Kier molecular flexibility index (Phi) is 4.99. The van der Waals surface area contributed by atoms with Crippen molar-refractivity contribution < 1.29 is 4.79 Å². The number of hydrogen-bond donors (Lipinski definition) is 2. The van der Waals surface area contributed by atoms with Crippen molar-refractivity contribution in [2.24, 2.45) is 0 Å². The van der Waals surface area contributed by atoms with Crippen LogP contribution in [0.4, 0.5) is 5.69 Å². The van der Waals surface area contributed by atoms with E-state index in [1.807, 2.05) is 43.3 Å². The molecule has 0 aliphatic rings. The molecule has 1 amide bonds. The standard InChI is InChI=1S/C18H22N2O/c1-13-6-5-8-16(12-13)14(2)20-18(21)11-10-15-7-3-4-9-17(15)19/h3-9,12,14H,10-11,19H2,1-2H3,(H,20,21)/t14-/m0/s1. The van der Waals surface area contributed by atoms with Crippen LogP contribution in [0.25, 0.3) is 0 Å². The van der Waals surface area contributed by atoms with Gasteiger partial charge in [0.05, 0.1) is 6.04 Å². The molecule has 0 aliphatic carbocycles. The minimum absolute atomic E-state index is 0.0190. The van der Waals surface area contributed by atoms with Crippen LogP contribution in [0.5, 0.6) is 0 Å². The fraction of sp³-hybridized carbons (Fsp3) is 0.278. The maximum atomic E-state index is 12.0. The summed E-state index contributed by atoms with van der Waals surface area (Å²) in [5.74, 6) is 0.0484. The summed E-state index contributed by atoms with van der Waals surface area (Å²) in [6.45, 7) is 4.06. The topological polar surface area (TPSA) is 55.1 Å². The molecular formula is C18H22N2O. The van der Waals surface area contributed by atoms with Crippen molar-refractivity contribution in [1.82, 2.24) is 5.32 Å². The van der Waals surface area contributed by atoms with Gasteiger partial charge in [-0.25, -0.2) is 0 Å². The summed E-state index contributed by atoms with van der Waals surface area (Å²) >= 11 is 0. The van der Waals surface area contributed by atoms with Crippen molar-refractivity contribution >= 4 is 11.6 Å². The SMILES string of the molecule is Cc1cccc([C@H](C)NC(=O)CCc2ccccc2N)c1. The lowest BCUT2D eigenvalue weighted by atomic mass is 10.0. The Bertz CT molecular complexity index is 622. The van der Waals surface area contributed by atoms with E-state index < -0.39 is 0 Å². The van der Waals surface area contributed by atoms with Gasteiger partial charge in [-0.3, -0.25) is 4.79 Å². The van der Waals surface area contributed by atoms with Gasteiger partial charge in [0, 0.05) is 12.1 Å². The van der Waals surface area contributed by atoms with Gasteiger partial charge < -0.3 is 11.1 Å². The lowest BCUT2D eigenvalue weighted by Crippen LogP contribution is -2.26. The number of amides is 1. The number of nitrogens with two attached hydrogens (primary N) is 1. The molecule has 0 aromatic heterocycles. The number of nitrogens with one attached hydrogen (secondary N) is 1. The van der Waals surface area contributed by atoms with Crippen LogP contribution in [-0.4, -0.2) is 5.91 Å². The molecule has 0 spiro atoms. The number of aryl methyl sites for hydroxylation is 2. The normalized spacial score (nSPS) is 11.9. The predicted octanol–water partition coefficient (Wildman–Crippen LogP) is 3.39. The molecular weight excluding hydrogens is 260 g/mol. The highest BCUT2D eigenvalue weighted by Gasteiger charge is 2.10. The third kappa shape index (κ3) is 4.35. The first-order valence-corrected chi connectivity index (χ1v) is 7.25. The maximum Gasteiger partial charge on any atom is 0.220 e. The quantitative estimate of drug-likeness (QED) is 0.826. The van der Waals surface area contributed by atoms with Crippen LogP contribution in [0.1, 0.15) is 36.1 Å². The van der Waals surface area contributed by atoms with Gasteiger partial charge in [0.1, 0.15) is 0 Å². The zero-order valence-electron chi connectivity index (χ0n) is 12.6. The van der Waals surface area contributed by atoms with Crippen LogP contribution in [0.3, 0.4) is 0 Å². The Labute approximate surface area is 126 Å². The predicted molar refractivity (Wildman–Crippen MR) is 86.9 cm³/mol. The number of nitrogen functional groups attached to an aromatic ring is 1. The summed E-state index contributed by atoms with van der Waals surface area (Å²) in [6.07, 6.45) is 1.11. The van der Waals surface area contributed by atoms with E-state index in [0.717, 1.165) is 16.8 Å². The molecule has 1 atom stereocenters. The molecule has 0 saturated carbocycles. The fourth-order valence-electron chi connectivity index (χ4n) is 2.35. The summed E-state index contributed by atoms with van der Waals surface area (Å²) in [5, 5.41) is 3.03. The van der Waals surface area contributed by atoms with Gasteiger partial charge in [0.25, 0.3) is 0 Å². The van der Waals surface area contributed by atoms with E-state index in [4.69, 9.17) is 5.73 Å². The second-order valence-corrected chi connectivity index (χ2v) is 5.40. The molecule has 0 radical (unpaired) electrons. The highest BCUT2D eigenvalue weighted by atomic mass is 16.1. The van der Waals surface area contributed by atoms with Gasteiger partial charge in [-0.15, -0.1) is 0 Å². The molecule has 2 aromatic carbocycles. The average molecular weight is 282 g/mol. The Morgan fingerprint density at radius 3 is 2.67 bits per heavy atom. The van der Waals surface area contributed by atoms with Crippen molar-refractivity contribution in [3.8, 4) is 0 Å². The maximum absolute atomic E-state index is 12.0. The number of carbonyl (C=O) groups excluding carboxylic acids is 1. The summed E-state index contributed by atoms with van der Waals surface area (Å²) < 4.78 is 0. The lowest BCUT2D eigenvalue weighted by Gasteiger charge is -2.15. The van der Waals surface area contributed by atoms with E-state index in [-0.39, 0.29) is 11.9 Å². The molecule has 0 saturated heterocycles. The third-order valence-electron chi connectivity index (χ3n) is 3.60. The van der Waals surface area contributed by atoms with Crippen molar-refractivity contribution in [2.45, 2.75) is 32.7 Å². The minimum Gasteiger partial charge on any atom is -0.399 e. The van der Waals surface area contributed by atoms with Gasteiger partial charge in [-0.2, -0.15) is 0 Å². The Morgan fingerprint density at radius 2 is 1.95 bits per heavy atom. The van der Waals surface area contributed by atoms with Crippen LogP contribution in [0, 0.1) is 6.92 Å². The van der Waals surface area contributed by atoms with Crippen molar-refractivity contribution in [3.05, 3.63) is 65.2 Å². The van der Waals surface area contributed by atoms with Gasteiger partial charge >= 0.3 is 0 Å². The first kappa shape index (κ1) is 15.1. The molecule has 3 N–H and O–H groups in total. The molecule has 3 heteroatoms. The molecule has 0 fully saturated rings. The van der Waals surface area contributed by atoms with E-state index in [1.54, 1.807) is 0 Å². The summed E-state index contributed by atoms with van der Waals surface area (Å²) in [5.41, 5.74) is 9.98. The van der Waals surface area contributed by atoms with Gasteiger partial charge in [-0.1, -0.05) is 48.0 Å². The van der Waals surface area contributed by atoms with Crippen molar-refractivity contribution in [3.63, 3.8) is 0 Å². The Balaban J connectivity index is 1.89. The lowest BCUT2D eigenvalue weighted by molar-refractivity contribution is -0.121. The van der Waals surface area contributed by atoms with Crippen molar-refractivity contribution in [1.29, 1.82) is 0 Å². The first-order chi connectivity index (χ1) is 10.1. The fourth-order valence-corrected chi connectivity index (χ4v) is 2.35. The van der Waals surface area contributed by atoms with Crippen LogP contribution >= 0.6 is 0 Å². The van der Waals surface area contributed by atoms with Gasteiger partial charge in [0.15, 0.2) is 0 Å². The van der Waals surface area contributed by atoms with Gasteiger partial charge in [-0.05, 0) is 37.5 Å². The molecule has 2 rings (SSSR count). The third-order valence-corrected chi connectivity index (χ3v) is 3.60. The number of para-hydroxylation sites is 1. The number of anilines is 1. The van der Waals surface area contributed by atoms with Crippen LogP contribution in [0.2, 0.25) is 0 Å². The Hall–Kier alpha value is -2.29. The number of benzene rings is 2. The van der Waals surface area contributed by atoms with Gasteiger partial charge in [0.2, 0.25) is 5.91 Å². The summed E-state index contributed by atoms with van der Waals surface area (Å²) in [7, 11) is 0. The van der Waals surface area contributed by atoms with Crippen molar-refractivity contribution in [2.75, 3.05) is 5.73 Å². The van der Waals surface area contributed by atoms with E-state index in [9.17, 15) is 4.79 Å². The number of carbonyl (C=O) groups is 1. The second-order valence-electron chi connectivity index (χ2n) is 5.40. The molecule has 0 unspecified atom stereocenters. The highest BCUT2D eigenvalue weighted by Crippen LogP contribution is 2.15. The molecule has 0 heterocycles. The van der Waals surface area contributed by atoms with E-state index in [2.05, 4.69) is 24.4 Å². The molecule has 2 aromatic rings. The monoisotopic (exact) mass is 282 g/mol. The van der Waals surface area contributed by atoms with Crippen LogP contribution < -0.4 is 11.1 Å².